The van der Waals surface area contributed by atoms with Gasteiger partial charge in [0.25, 0.3) is 0 Å². The fourth-order valence-electron chi connectivity index (χ4n) is 1.52. The highest BCUT2D eigenvalue weighted by atomic mass is 16.5. The molecule has 1 atom stereocenters. The van der Waals surface area contributed by atoms with Gasteiger partial charge >= 0.3 is 0 Å². The molecular formula is C13H16N2O. The second-order valence-electron chi connectivity index (χ2n) is 4.15. The molecule has 1 aliphatic carbocycles. The average Bonchev–Trinajstić information content (AvgIpc) is 3.11. The summed E-state index contributed by atoms with van der Waals surface area (Å²) in [5, 5.41) is 12.2. The van der Waals surface area contributed by atoms with Gasteiger partial charge in [0.05, 0.1) is 0 Å². The van der Waals surface area contributed by atoms with Crippen molar-refractivity contribution < 1.29 is 4.74 Å². The van der Waals surface area contributed by atoms with Crippen LogP contribution in [-0.2, 0) is 6.54 Å². The first-order valence-corrected chi connectivity index (χ1v) is 5.67. The molecule has 16 heavy (non-hydrogen) atoms. The molecule has 0 radical (unpaired) electrons. The van der Waals surface area contributed by atoms with Crippen LogP contribution in [0, 0.1) is 11.3 Å². The van der Waals surface area contributed by atoms with Crippen LogP contribution in [-0.4, -0.2) is 12.1 Å². The van der Waals surface area contributed by atoms with E-state index in [0.29, 0.717) is 6.04 Å². The van der Waals surface area contributed by atoms with Gasteiger partial charge < -0.3 is 10.1 Å². The van der Waals surface area contributed by atoms with Crippen LogP contribution in [0.3, 0.4) is 0 Å². The van der Waals surface area contributed by atoms with Gasteiger partial charge in [-0.05, 0) is 25.8 Å². The van der Waals surface area contributed by atoms with Crippen molar-refractivity contribution in [1.29, 1.82) is 5.26 Å². The molecule has 1 saturated carbocycles. The Balaban J connectivity index is 2.00. The quantitative estimate of drug-likeness (QED) is 0.821. The fraction of sp³-hybridized carbons (Fsp3) is 0.462. The summed E-state index contributed by atoms with van der Waals surface area (Å²) in [5.74, 6) is 0.810. The lowest BCUT2D eigenvalue weighted by Crippen LogP contribution is -2.17. The van der Waals surface area contributed by atoms with Gasteiger partial charge in [-0.25, -0.2) is 0 Å². The maximum atomic E-state index is 8.72. The van der Waals surface area contributed by atoms with Gasteiger partial charge in [-0.3, -0.25) is 0 Å². The molecule has 1 aromatic carbocycles. The van der Waals surface area contributed by atoms with E-state index in [0.717, 1.165) is 17.9 Å². The number of para-hydroxylation sites is 1. The summed E-state index contributed by atoms with van der Waals surface area (Å²) in [6, 6.07) is 10.6. The number of rotatable bonds is 5. The standard InChI is InChI=1S/C13H16N2O/c1-10(8-14)16-13-5-3-2-4-11(13)9-15-12-6-7-12/h2-5,10,12,15H,6-7,9H2,1H3. The van der Waals surface area contributed by atoms with Gasteiger partial charge in [0.1, 0.15) is 11.8 Å². The number of ether oxygens (including phenoxy) is 1. The third-order valence-electron chi connectivity index (χ3n) is 2.62. The molecule has 0 saturated heterocycles. The van der Waals surface area contributed by atoms with Crippen molar-refractivity contribution in [2.24, 2.45) is 0 Å². The molecule has 0 amide bonds. The number of hydrogen-bond donors (Lipinski definition) is 1. The molecule has 0 aromatic heterocycles. The summed E-state index contributed by atoms with van der Waals surface area (Å²) in [6.45, 7) is 2.57. The predicted octanol–water partition coefficient (Wildman–Crippen LogP) is 2.23. The Morgan fingerprint density at radius 3 is 2.94 bits per heavy atom. The number of hydrogen-bond acceptors (Lipinski definition) is 3. The summed E-state index contributed by atoms with van der Waals surface area (Å²) in [5.41, 5.74) is 1.12. The molecule has 3 nitrogen and oxygen atoms in total. The molecule has 0 bridgehead atoms. The van der Waals surface area contributed by atoms with Crippen molar-refractivity contribution in [3.63, 3.8) is 0 Å². The Bertz CT molecular complexity index is 393. The summed E-state index contributed by atoms with van der Waals surface area (Å²) in [6.07, 6.45) is 2.15. The van der Waals surface area contributed by atoms with Crippen molar-refractivity contribution in [3.05, 3.63) is 29.8 Å². The lowest BCUT2D eigenvalue weighted by atomic mass is 10.2. The summed E-state index contributed by atoms with van der Waals surface area (Å²) in [7, 11) is 0. The SMILES string of the molecule is CC(C#N)Oc1ccccc1CNC1CC1. The molecule has 0 aliphatic heterocycles. The van der Waals surface area contributed by atoms with Crippen LogP contribution in [0.4, 0.5) is 0 Å². The van der Waals surface area contributed by atoms with Crippen molar-refractivity contribution in [3.8, 4) is 11.8 Å². The number of benzene rings is 1. The zero-order valence-electron chi connectivity index (χ0n) is 9.44. The first-order valence-electron chi connectivity index (χ1n) is 5.67. The second kappa shape index (κ2) is 5.00. The summed E-state index contributed by atoms with van der Waals surface area (Å²) >= 11 is 0. The highest BCUT2D eigenvalue weighted by Crippen LogP contribution is 2.23. The minimum absolute atomic E-state index is 0.401. The van der Waals surface area contributed by atoms with Crippen LogP contribution in [0.1, 0.15) is 25.3 Å². The lowest BCUT2D eigenvalue weighted by molar-refractivity contribution is 0.273. The molecule has 1 unspecified atom stereocenters. The Hall–Kier alpha value is -1.53. The van der Waals surface area contributed by atoms with E-state index in [1.165, 1.54) is 12.8 Å². The lowest BCUT2D eigenvalue weighted by Gasteiger charge is -2.12. The number of nitrogens with one attached hydrogen (secondary N) is 1. The second-order valence-corrected chi connectivity index (χ2v) is 4.15. The minimum Gasteiger partial charge on any atom is -0.476 e. The molecule has 1 N–H and O–H groups in total. The molecule has 1 fully saturated rings. The van der Waals surface area contributed by atoms with Crippen LogP contribution < -0.4 is 10.1 Å². The van der Waals surface area contributed by atoms with E-state index in [1.54, 1.807) is 6.92 Å². The topological polar surface area (TPSA) is 45.0 Å². The maximum Gasteiger partial charge on any atom is 0.181 e. The van der Waals surface area contributed by atoms with Gasteiger partial charge in [-0.2, -0.15) is 5.26 Å². The zero-order valence-corrected chi connectivity index (χ0v) is 9.44. The largest absolute Gasteiger partial charge is 0.476 e. The highest BCUT2D eigenvalue weighted by molar-refractivity contribution is 5.33. The average molecular weight is 216 g/mol. The molecule has 1 aliphatic rings. The first kappa shape index (κ1) is 11.0. The van der Waals surface area contributed by atoms with Crippen LogP contribution in [0.15, 0.2) is 24.3 Å². The van der Waals surface area contributed by atoms with E-state index >= 15 is 0 Å². The van der Waals surface area contributed by atoms with Crippen LogP contribution >= 0.6 is 0 Å². The van der Waals surface area contributed by atoms with E-state index in [9.17, 15) is 0 Å². The number of nitriles is 1. The van der Waals surface area contributed by atoms with E-state index in [-0.39, 0.29) is 0 Å². The molecule has 1 aromatic rings. The Morgan fingerprint density at radius 2 is 2.25 bits per heavy atom. The van der Waals surface area contributed by atoms with Gasteiger partial charge in [0, 0.05) is 18.2 Å². The van der Waals surface area contributed by atoms with Crippen LogP contribution in [0.5, 0.6) is 5.75 Å². The first-order chi connectivity index (χ1) is 7.79. The monoisotopic (exact) mass is 216 g/mol. The van der Waals surface area contributed by atoms with Crippen molar-refractivity contribution in [2.75, 3.05) is 0 Å². The van der Waals surface area contributed by atoms with Gasteiger partial charge in [0.2, 0.25) is 0 Å². The molecule has 3 heteroatoms. The van der Waals surface area contributed by atoms with Crippen molar-refractivity contribution >= 4 is 0 Å². The van der Waals surface area contributed by atoms with Crippen LogP contribution in [0.25, 0.3) is 0 Å². The molecular weight excluding hydrogens is 200 g/mol. The Morgan fingerprint density at radius 1 is 1.50 bits per heavy atom. The highest BCUT2D eigenvalue weighted by Gasteiger charge is 2.20. The van der Waals surface area contributed by atoms with E-state index in [1.807, 2.05) is 24.3 Å². The molecule has 0 spiro atoms. The van der Waals surface area contributed by atoms with E-state index < -0.39 is 6.10 Å². The van der Waals surface area contributed by atoms with E-state index in [4.69, 9.17) is 10.00 Å². The fourth-order valence-corrected chi connectivity index (χ4v) is 1.52. The number of nitrogens with zero attached hydrogens (tertiary/aromatic N) is 1. The minimum atomic E-state index is -0.401. The smallest absolute Gasteiger partial charge is 0.181 e. The van der Waals surface area contributed by atoms with Crippen molar-refractivity contribution in [2.45, 2.75) is 38.5 Å². The molecule has 84 valence electrons. The van der Waals surface area contributed by atoms with Gasteiger partial charge in [-0.15, -0.1) is 0 Å². The van der Waals surface area contributed by atoms with Crippen LogP contribution in [0.2, 0.25) is 0 Å². The van der Waals surface area contributed by atoms with E-state index in [2.05, 4.69) is 11.4 Å². The summed E-state index contributed by atoms with van der Waals surface area (Å²) < 4.78 is 5.55. The van der Waals surface area contributed by atoms with Crippen molar-refractivity contribution in [1.82, 2.24) is 5.32 Å². The normalized spacial score (nSPS) is 16.5. The third-order valence-corrected chi connectivity index (χ3v) is 2.62. The Labute approximate surface area is 96.0 Å². The third kappa shape index (κ3) is 2.98. The van der Waals surface area contributed by atoms with Gasteiger partial charge in [0.15, 0.2) is 6.10 Å². The van der Waals surface area contributed by atoms with Gasteiger partial charge in [-0.1, -0.05) is 18.2 Å². The predicted molar refractivity (Wildman–Crippen MR) is 62.0 cm³/mol. The molecule has 2 rings (SSSR count). The Kier molecular flexibility index (Phi) is 3.43. The maximum absolute atomic E-state index is 8.72. The summed E-state index contributed by atoms with van der Waals surface area (Å²) in [4.78, 5) is 0. The zero-order chi connectivity index (χ0) is 11.4. The molecule has 0 heterocycles.